The van der Waals surface area contributed by atoms with Crippen LogP contribution in [0.1, 0.15) is 29.8 Å². The third-order valence-corrected chi connectivity index (χ3v) is 5.20. The van der Waals surface area contributed by atoms with E-state index in [1.807, 2.05) is 30.6 Å². The minimum Gasteiger partial charge on any atom is -0.442 e. The van der Waals surface area contributed by atoms with E-state index in [9.17, 15) is 0 Å². The first kappa shape index (κ1) is 16.2. The van der Waals surface area contributed by atoms with Crippen LogP contribution < -0.4 is 0 Å². The van der Waals surface area contributed by atoms with Gasteiger partial charge in [-0.05, 0) is 25.1 Å². The average Bonchev–Trinajstić information content (AvgIpc) is 3.34. The van der Waals surface area contributed by atoms with Gasteiger partial charge >= 0.3 is 0 Å². The van der Waals surface area contributed by atoms with Crippen molar-refractivity contribution in [1.82, 2.24) is 14.5 Å². The summed E-state index contributed by atoms with van der Waals surface area (Å²) in [7, 11) is 0. The number of aromatic nitrogens is 3. The number of oxazole rings is 1. The molecule has 132 valence electrons. The molecule has 0 fully saturated rings. The van der Waals surface area contributed by atoms with Crippen molar-refractivity contribution in [3.8, 4) is 17.1 Å². The van der Waals surface area contributed by atoms with Crippen LogP contribution in [0.2, 0.25) is 0 Å². The van der Waals surface area contributed by atoms with Crippen LogP contribution in [0.15, 0.2) is 81.3 Å². The highest BCUT2D eigenvalue weighted by Gasteiger charge is 2.27. The summed E-state index contributed by atoms with van der Waals surface area (Å²) >= 11 is 3.60. The van der Waals surface area contributed by atoms with Gasteiger partial charge in [0.25, 0.3) is 0 Å². The maximum absolute atomic E-state index is 5.51. The van der Waals surface area contributed by atoms with Gasteiger partial charge in [-0.1, -0.05) is 46.3 Å². The zero-order valence-corrected chi connectivity index (χ0v) is 16.1. The summed E-state index contributed by atoms with van der Waals surface area (Å²) in [6, 6.07) is 16.4. The van der Waals surface area contributed by atoms with Gasteiger partial charge in [0, 0.05) is 15.6 Å². The van der Waals surface area contributed by atoms with E-state index in [0.29, 0.717) is 5.76 Å². The van der Waals surface area contributed by atoms with Crippen LogP contribution in [-0.2, 0) is 0 Å². The molecule has 2 aromatic heterocycles. The molecule has 4 aromatic rings. The summed E-state index contributed by atoms with van der Waals surface area (Å²) in [5, 5.41) is 0. The molecule has 0 spiro atoms. The fourth-order valence-corrected chi connectivity index (χ4v) is 3.89. The molecule has 5 nitrogen and oxygen atoms in total. The van der Waals surface area contributed by atoms with Crippen LogP contribution in [-0.4, -0.2) is 20.2 Å². The van der Waals surface area contributed by atoms with E-state index in [1.165, 1.54) is 6.39 Å². The molecule has 1 aliphatic rings. The Morgan fingerprint density at radius 2 is 1.96 bits per heavy atom. The SMILES string of the molecule is C[C@@H]1N=C(c2ccccc2)c2cc(Br)ccc2-n2cnc(-c3cnco3)c21. The largest absolute Gasteiger partial charge is 0.442 e. The Kier molecular flexibility index (Phi) is 3.79. The number of hydrogen-bond acceptors (Lipinski definition) is 4. The highest BCUT2D eigenvalue weighted by Crippen LogP contribution is 2.36. The van der Waals surface area contributed by atoms with Gasteiger partial charge in [-0.3, -0.25) is 9.56 Å². The van der Waals surface area contributed by atoms with Gasteiger partial charge in [-0.15, -0.1) is 0 Å². The van der Waals surface area contributed by atoms with Crippen molar-refractivity contribution in [3.05, 3.63) is 88.7 Å². The smallest absolute Gasteiger partial charge is 0.181 e. The predicted octanol–water partition coefficient (Wildman–Crippen LogP) is 5.20. The molecule has 0 amide bonds. The first-order chi connectivity index (χ1) is 13.2. The van der Waals surface area contributed by atoms with E-state index in [4.69, 9.17) is 9.41 Å². The van der Waals surface area contributed by atoms with E-state index in [2.05, 4.69) is 61.7 Å². The number of nitrogens with zero attached hydrogens (tertiary/aromatic N) is 4. The molecule has 0 aliphatic carbocycles. The number of hydrogen-bond donors (Lipinski definition) is 0. The average molecular weight is 419 g/mol. The first-order valence-electron chi connectivity index (χ1n) is 8.62. The van der Waals surface area contributed by atoms with E-state index in [-0.39, 0.29) is 6.04 Å². The maximum Gasteiger partial charge on any atom is 0.181 e. The zero-order chi connectivity index (χ0) is 18.4. The second-order valence-corrected chi connectivity index (χ2v) is 7.31. The quantitative estimate of drug-likeness (QED) is 0.449. The third-order valence-electron chi connectivity index (χ3n) is 4.71. The minimum atomic E-state index is -0.103. The van der Waals surface area contributed by atoms with Crippen molar-refractivity contribution < 1.29 is 4.42 Å². The lowest BCUT2D eigenvalue weighted by atomic mass is 10.0. The van der Waals surface area contributed by atoms with Crippen molar-refractivity contribution in [2.75, 3.05) is 0 Å². The van der Waals surface area contributed by atoms with Gasteiger partial charge in [0.2, 0.25) is 0 Å². The molecular weight excluding hydrogens is 404 g/mol. The Hall–Kier alpha value is -2.99. The summed E-state index contributed by atoms with van der Waals surface area (Å²) in [5.41, 5.74) is 5.91. The second-order valence-electron chi connectivity index (χ2n) is 6.40. The van der Waals surface area contributed by atoms with E-state index in [0.717, 1.165) is 38.4 Å². The predicted molar refractivity (Wildman–Crippen MR) is 107 cm³/mol. The molecule has 3 heterocycles. The Bertz CT molecular complexity index is 1150. The van der Waals surface area contributed by atoms with Gasteiger partial charge < -0.3 is 4.42 Å². The topological polar surface area (TPSA) is 56.2 Å². The van der Waals surface area contributed by atoms with Gasteiger partial charge in [-0.2, -0.15) is 0 Å². The molecule has 27 heavy (non-hydrogen) atoms. The van der Waals surface area contributed by atoms with Gasteiger partial charge in [0.15, 0.2) is 12.2 Å². The molecule has 2 aromatic carbocycles. The van der Waals surface area contributed by atoms with Crippen LogP contribution in [0.5, 0.6) is 0 Å². The van der Waals surface area contributed by atoms with Crippen LogP contribution in [0, 0.1) is 0 Å². The standard InChI is InChI=1S/C21H15BrN4O/c1-13-21-20(18-10-23-12-27-18)24-11-26(21)17-8-7-15(22)9-16(17)19(25-13)14-5-3-2-4-6-14/h2-13H,1H3/t13-/m0/s1. The van der Waals surface area contributed by atoms with Crippen molar-refractivity contribution in [1.29, 1.82) is 0 Å². The summed E-state index contributed by atoms with van der Waals surface area (Å²) in [5.74, 6) is 0.646. The molecule has 0 bridgehead atoms. The van der Waals surface area contributed by atoms with Crippen LogP contribution in [0.3, 0.4) is 0 Å². The molecule has 0 saturated heterocycles. The molecule has 0 unspecified atom stereocenters. The maximum atomic E-state index is 5.51. The summed E-state index contributed by atoms with van der Waals surface area (Å²) in [6.07, 6.45) is 4.94. The molecular formula is C21H15BrN4O. The van der Waals surface area contributed by atoms with Crippen molar-refractivity contribution in [2.24, 2.45) is 4.99 Å². The molecule has 0 saturated carbocycles. The normalized spacial score (nSPS) is 15.6. The van der Waals surface area contributed by atoms with Crippen molar-refractivity contribution in [2.45, 2.75) is 13.0 Å². The lowest BCUT2D eigenvalue weighted by molar-refractivity contribution is 0.568. The third kappa shape index (κ3) is 2.64. The van der Waals surface area contributed by atoms with E-state index < -0.39 is 0 Å². The zero-order valence-electron chi connectivity index (χ0n) is 14.5. The van der Waals surface area contributed by atoms with Crippen molar-refractivity contribution in [3.63, 3.8) is 0 Å². The number of benzene rings is 2. The highest BCUT2D eigenvalue weighted by molar-refractivity contribution is 9.10. The summed E-state index contributed by atoms with van der Waals surface area (Å²) in [4.78, 5) is 13.7. The number of aliphatic imine (C=N–C) groups is 1. The Morgan fingerprint density at radius 1 is 1.11 bits per heavy atom. The first-order valence-corrected chi connectivity index (χ1v) is 9.41. The van der Waals surface area contributed by atoms with E-state index in [1.54, 1.807) is 6.20 Å². The molecule has 5 rings (SSSR count). The molecule has 0 radical (unpaired) electrons. The monoisotopic (exact) mass is 418 g/mol. The number of imidazole rings is 1. The lowest BCUT2D eigenvalue weighted by Crippen LogP contribution is -2.06. The van der Waals surface area contributed by atoms with Crippen LogP contribution >= 0.6 is 15.9 Å². The Morgan fingerprint density at radius 3 is 2.74 bits per heavy atom. The molecule has 1 atom stereocenters. The van der Waals surface area contributed by atoms with Gasteiger partial charge in [-0.25, -0.2) is 9.97 Å². The summed E-state index contributed by atoms with van der Waals surface area (Å²) in [6.45, 7) is 2.08. The lowest BCUT2D eigenvalue weighted by Gasteiger charge is -2.12. The fourth-order valence-electron chi connectivity index (χ4n) is 3.53. The summed E-state index contributed by atoms with van der Waals surface area (Å²) < 4.78 is 8.62. The molecule has 1 aliphatic heterocycles. The molecule has 0 N–H and O–H groups in total. The van der Waals surface area contributed by atoms with Gasteiger partial charge in [0.05, 0.1) is 29.3 Å². The number of fused-ring (bicyclic) bond motifs is 3. The molecule has 6 heteroatoms. The number of rotatable bonds is 2. The Labute approximate surface area is 164 Å². The highest BCUT2D eigenvalue weighted by atomic mass is 79.9. The second kappa shape index (κ2) is 6.32. The fraction of sp³-hybridized carbons (Fsp3) is 0.0952. The Balaban J connectivity index is 1.81. The van der Waals surface area contributed by atoms with Crippen LogP contribution in [0.4, 0.5) is 0 Å². The van der Waals surface area contributed by atoms with E-state index >= 15 is 0 Å². The van der Waals surface area contributed by atoms with Gasteiger partial charge in [0.1, 0.15) is 12.0 Å². The van der Waals surface area contributed by atoms with Crippen LogP contribution in [0.25, 0.3) is 17.1 Å². The number of halogens is 1. The minimum absolute atomic E-state index is 0.103. The van der Waals surface area contributed by atoms with Crippen molar-refractivity contribution >= 4 is 21.6 Å².